The van der Waals surface area contributed by atoms with Crippen LogP contribution in [-0.4, -0.2) is 55.6 Å². The molecule has 1 aliphatic carbocycles. The van der Waals surface area contributed by atoms with Gasteiger partial charge < -0.3 is 5.73 Å². The van der Waals surface area contributed by atoms with E-state index in [9.17, 15) is 8.42 Å². The fourth-order valence-corrected chi connectivity index (χ4v) is 6.74. The molecular formula is C15H30N2O2S2. The second-order valence-electron chi connectivity index (χ2n) is 6.57. The first kappa shape index (κ1) is 17.6. The largest absolute Gasteiger partial charge is 0.330 e. The summed E-state index contributed by atoms with van der Waals surface area (Å²) in [5, 5.41) is -0.298. The summed E-state index contributed by atoms with van der Waals surface area (Å²) >= 11 is 1.77. The molecule has 0 aromatic rings. The fraction of sp³-hybridized carbons (Fsp3) is 1.00. The molecule has 2 fully saturated rings. The van der Waals surface area contributed by atoms with Gasteiger partial charge in [-0.15, -0.1) is 0 Å². The molecule has 6 heteroatoms. The minimum Gasteiger partial charge on any atom is -0.330 e. The smallest absolute Gasteiger partial charge is 0.166 e. The van der Waals surface area contributed by atoms with E-state index >= 15 is 0 Å². The summed E-state index contributed by atoms with van der Waals surface area (Å²) in [5.74, 6) is 2.00. The number of sulfone groups is 1. The predicted molar refractivity (Wildman–Crippen MR) is 91.3 cm³/mol. The summed E-state index contributed by atoms with van der Waals surface area (Å²) in [6, 6.07) is 0. The molecular weight excluding hydrogens is 304 g/mol. The molecule has 1 saturated heterocycles. The molecule has 124 valence electrons. The molecule has 1 unspecified atom stereocenters. The van der Waals surface area contributed by atoms with Crippen molar-refractivity contribution in [1.29, 1.82) is 0 Å². The van der Waals surface area contributed by atoms with E-state index in [0.29, 0.717) is 6.54 Å². The Kier molecular flexibility index (Phi) is 6.41. The van der Waals surface area contributed by atoms with Crippen molar-refractivity contribution in [2.24, 2.45) is 11.1 Å². The summed E-state index contributed by atoms with van der Waals surface area (Å²) in [6.07, 6.45) is 7.40. The van der Waals surface area contributed by atoms with Crippen molar-refractivity contribution in [3.63, 3.8) is 0 Å². The number of hydrogen-bond donors (Lipinski definition) is 1. The van der Waals surface area contributed by atoms with Crippen molar-refractivity contribution in [1.82, 2.24) is 4.90 Å². The van der Waals surface area contributed by atoms with Crippen LogP contribution in [0.5, 0.6) is 0 Å². The quantitative estimate of drug-likeness (QED) is 0.780. The molecule has 0 bridgehead atoms. The first-order valence-electron chi connectivity index (χ1n) is 8.26. The van der Waals surface area contributed by atoms with Crippen molar-refractivity contribution >= 4 is 21.6 Å². The van der Waals surface area contributed by atoms with E-state index in [0.717, 1.165) is 37.4 Å². The highest BCUT2D eigenvalue weighted by Gasteiger charge is 2.38. The molecule has 0 aromatic heterocycles. The molecule has 0 amide bonds. The molecule has 2 rings (SSSR count). The summed E-state index contributed by atoms with van der Waals surface area (Å²) < 4.78 is 24.8. The van der Waals surface area contributed by atoms with Crippen LogP contribution in [-0.2, 0) is 9.84 Å². The lowest BCUT2D eigenvalue weighted by Crippen LogP contribution is -2.53. The maximum absolute atomic E-state index is 12.4. The van der Waals surface area contributed by atoms with E-state index in [1.54, 1.807) is 18.7 Å². The SMILES string of the molecule is CCS(=O)(=O)C1CSCCN1CC1(CN)CCCCCC1. The van der Waals surface area contributed by atoms with Crippen molar-refractivity contribution in [2.45, 2.75) is 50.8 Å². The van der Waals surface area contributed by atoms with Crippen LogP contribution in [0.25, 0.3) is 0 Å². The molecule has 4 nitrogen and oxygen atoms in total. The van der Waals surface area contributed by atoms with Crippen LogP contribution in [0, 0.1) is 5.41 Å². The number of nitrogens with zero attached hydrogens (tertiary/aromatic N) is 1. The lowest BCUT2D eigenvalue weighted by atomic mass is 9.80. The minimum absolute atomic E-state index is 0.139. The molecule has 1 saturated carbocycles. The first-order chi connectivity index (χ1) is 10.0. The zero-order chi connectivity index (χ0) is 15.3. The zero-order valence-corrected chi connectivity index (χ0v) is 14.9. The standard InChI is InChI=1S/C15H30N2O2S2/c1-2-21(18,19)14-11-20-10-9-17(14)13-15(12-16)7-5-3-4-6-8-15/h14H,2-13,16H2,1H3. The third kappa shape index (κ3) is 4.36. The highest BCUT2D eigenvalue weighted by molar-refractivity contribution is 8.01. The molecule has 1 atom stereocenters. The van der Waals surface area contributed by atoms with Crippen LogP contribution < -0.4 is 5.73 Å². The van der Waals surface area contributed by atoms with Crippen molar-refractivity contribution in [3.8, 4) is 0 Å². The van der Waals surface area contributed by atoms with Crippen LogP contribution in [0.3, 0.4) is 0 Å². The van der Waals surface area contributed by atoms with E-state index in [1.807, 2.05) is 0 Å². The zero-order valence-electron chi connectivity index (χ0n) is 13.2. The van der Waals surface area contributed by atoms with Gasteiger partial charge in [-0.3, -0.25) is 4.90 Å². The van der Waals surface area contributed by atoms with Crippen LogP contribution in [0.1, 0.15) is 45.4 Å². The molecule has 1 aliphatic heterocycles. The molecule has 0 spiro atoms. The molecule has 2 aliphatic rings. The van der Waals surface area contributed by atoms with Gasteiger partial charge in [0.15, 0.2) is 9.84 Å². The van der Waals surface area contributed by atoms with E-state index in [-0.39, 0.29) is 16.5 Å². The minimum atomic E-state index is -3.00. The van der Waals surface area contributed by atoms with E-state index in [4.69, 9.17) is 5.73 Å². The topological polar surface area (TPSA) is 63.4 Å². The van der Waals surface area contributed by atoms with Gasteiger partial charge >= 0.3 is 0 Å². The second-order valence-corrected chi connectivity index (χ2v) is 10.2. The summed E-state index contributed by atoms with van der Waals surface area (Å²) in [6.45, 7) is 4.21. The molecule has 21 heavy (non-hydrogen) atoms. The summed E-state index contributed by atoms with van der Waals surface area (Å²) in [4.78, 5) is 2.23. The Morgan fingerprint density at radius 3 is 2.48 bits per heavy atom. The Balaban J connectivity index is 2.13. The maximum Gasteiger partial charge on any atom is 0.166 e. The molecule has 2 N–H and O–H groups in total. The van der Waals surface area contributed by atoms with Crippen molar-refractivity contribution < 1.29 is 8.42 Å². The molecule has 0 radical (unpaired) electrons. The maximum atomic E-state index is 12.4. The predicted octanol–water partition coefficient (Wildman–Crippen LogP) is 2.10. The van der Waals surface area contributed by atoms with Gasteiger partial charge in [-0.25, -0.2) is 8.42 Å². The van der Waals surface area contributed by atoms with Crippen LogP contribution in [0.2, 0.25) is 0 Å². The van der Waals surface area contributed by atoms with Gasteiger partial charge in [-0.05, 0) is 24.8 Å². The number of nitrogens with two attached hydrogens (primary N) is 1. The van der Waals surface area contributed by atoms with Gasteiger partial charge in [0.1, 0.15) is 5.37 Å². The Hall–Kier alpha value is 0.220. The monoisotopic (exact) mass is 334 g/mol. The van der Waals surface area contributed by atoms with Crippen LogP contribution >= 0.6 is 11.8 Å². The van der Waals surface area contributed by atoms with Crippen LogP contribution in [0.15, 0.2) is 0 Å². The Morgan fingerprint density at radius 2 is 1.90 bits per heavy atom. The van der Waals surface area contributed by atoms with Gasteiger partial charge in [-0.1, -0.05) is 32.6 Å². The number of hydrogen-bond acceptors (Lipinski definition) is 5. The van der Waals surface area contributed by atoms with Gasteiger partial charge in [-0.2, -0.15) is 11.8 Å². The van der Waals surface area contributed by atoms with Gasteiger partial charge in [0.25, 0.3) is 0 Å². The molecule has 0 aromatic carbocycles. The Bertz CT molecular complexity index is 417. The van der Waals surface area contributed by atoms with Crippen LogP contribution in [0.4, 0.5) is 0 Å². The van der Waals surface area contributed by atoms with E-state index in [1.165, 1.54) is 25.7 Å². The first-order valence-corrected chi connectivity index (χ1v) is 11.1. The third-order valence-corrected chi connectivity index (χ3v) is 8.48. The third-order valence-electron chi connectivity index (χ3n) is 5.14. The van der Waals surface area contributed by atoms with E-state index < -0.39 is 9.84 Å². The lowest BCUT2D eigenvalue weighted by molar-refractivity contribution is 0.133. The van der Waals surface area contributed by atoms with E-state index in [2.05, 4.69) is 4.90 Å². The summed E-state index contributed by atoms with van der Waals surface area (Å²) in [5.41, 5.74) is 6.27. The lowest BCUT2D eigenvalue weighted by Gasteiger charge is -2.42. The number of rotatable bonds is 5. The average Bonchev–Trinajstić information content (AvgIpc) is 2.74. The summed E-state index contributed by atoms with van der Waals surface area (Å²) in [7, 11) is -3.00. The van der Waals surface area contributed by atoms with Crippen molar-refractivity contribution in [3.05, 3.63) is 0 Å². The van der Waals surface area contributed by atoms with Crippen molar-refractivity contribution in [2.75, 3.05) is 36.9 Å². The molecule has 1 heterocycles. The normalized spacial score (nSPS) is 28.2. The highest BCUT2D eigenvalue weighted by Crippen LogP contribution is 2.36. The van der Waals surface area contributed by atoms with Gasteiger partial charge in [0.05, 0.1) is 0 Å². The highest BCUT2D eigenvalue weighted by atomic mass is 32.2. The number of thioether (sulfide) groups is 1. The Labute approximate surface area is 134 Å². The average molecular weight is 335 g/mol. The second kappa shape index (κ2) is 7.66. The fourth-order valence-electron chi connectivity index (χ4n) is 3.66. The Morgan fingerprint density at radius 1 is 1.24 bits per heavy atom. The van der Waals surface area contributed by atoms with Gasteiger partial charge in [0.2, 0.25) is 0 Å². The van der Waals surface area contributed by atoms with Gasteiger partial charge in [0, 0.05) is 30.3 Å².